The van der Waals surface area contributed by atoms with E-state index in [4.69, 9.17) is 4.74 Å². The predicted molar refractivity (Wildman–Crippen MR) is 69.1 cm³/mol. The first-order valence-corrected chi connectivity index (χ1v) is 6.17. The molecular weight excluding hydrogens is 321 g/mol. The molecule has 0 atom stereocenters. The zero-order chi connectivity index (χ0) is 11.8. The Morgan fingerprint density at radius 1 is 1.50 bits per heavy atom. The molecule has 0 aliphatic heterocycles. The van der Waals surface area contributed by atoms with Crippen molar-refractivity contribution in [3.05, 3.63) is 16.0 Å². The quantitative estimate of drug-likeness (QED) is 0.488. The monoisotopic (exact) mass is 335 g/mol. The Balaban J connectivity index is 2.16. The van der Waals surface area contributed by atoms with E-state index in [-0.39, 0.29) is 5.97 Å². The Morgan fingerprint density at radius 3 is 2.81 bits per heavy atom. The first-order valence-electron chi connectivity index (χ1n) is 5.09. The topological polar surface area (TPSA) is 64.1 Å². The van der Waals surface area contributed by atoms with Crippen LogP contribution in [0.1, 0.15) is 19.8 Å². The lowest BCUT2D eigenvalue weighted by atomic mass is 10.3. The molecule has 0 aliphatic rings. The molecule has 16 heavy (non-hydrogen) atoms. The van der Waals surface area contributed by atoms with Crippen LogP contribution in [0.15, 0.2) is 12.4 Å². The first-order chi connectivity index (χ1) is 7.72. The molecule has 0 fully saturated rings. The summed E-state index contributed by atoms with van der Waals surface area (Å²) in [5.41, 5.74) is 0. The van der Waals surface area contributed by atoms with Gasteiger partial charge in [0.05, 0.1) is 6.61 Å². The molecule has 0 aromatic carbocycles. The van der Waals surface area contributed by atoms with Gasteiger partial charge in [-0.3, -0.25) is 4.79 Å². The highest BCUT2D eigenvalue weighted by Gasteiger charge is 2.01. The van der Waals surface area contributed by atoms with E-state index in [1.165, 1.54) is 0 Å². The molecule has 0 saturated carbocycles. The third-order valence-electron chi connectivity index (χ3n) is 1.77. The number of ether oxygens (including phenoxy) is 1. The second-order valence-electron chi connectivity index (χ2n) is 3.06. The van der Waals surface area contributed by atoms with Gasteiger partial charge in [0, 0.05) is 28.9 Å². The van der Waals surface area contributed by atoms with Crippen molar-refractivity contribution in [3.8, 4) is 0 Å². The molecule has 1 aromatic rings. The molecule has 0 radical (unpaired) electrons. The Morgan fingerprint density at radius 2 is 2.19 bits per heavy atom. The van der Waals surface area contributed by atoms with Gasteiger partial charge < -0.3 is 10.1 Å². The number of halogens is 1. The molecule has 0 amide bonds. The fraction of sp³-hybridized carbons (Fsp3) is 0.500. The maximum absolute atomic E-state index is 11.0. The summed E-state index contributed by atoms with van der Waals surface area (Å²) in [6.07, 6.45) is 4.61. The Kier molecular flexibility index (Phi) is 6.05. The van der Waals surface area contributed by atoms with E-state index in [0.717, 1.165) is 3.57 Å². The fourth-order valence-corrected chi connectivity index (χ4v) is 1.35. The fourth-order valence-electron chi connectivity index (χ4n) is 1.07. The summed E-state index contributed by atoms with van der Waals surface area (Å²) in [5.74, 6) is 0.428. The van der Waals surface area contributed by atoms with Gasteiger partial charge in [-0.2, -0.15) is 0 Å². The Bertz CT molecular complexity index is 329. The smallest absolute Gasteiger partial charge is 0.305 e. The summed E-state index contributed by atoms with van der Waals surface area (Å²) >= 11 is 2.15. The number of esters is 1. The zero-order valence-corrected chi connectivity index (χ0v) is 11.2. The summed E-state index contributed by atoms with van der Waals surface area (Å²) in [5, 5.41) is 3.04. The van der Waals surface area contributed by atoms with Crippen LogP contribution in [0.25, 0.3) is 0 Å². The Hall–Kier alpha value is -0.920. The van der Waals surface area contributed by atoms with Crippen molar-refractivity contribution < 1.29 is 9.53 Å². The SMILES string of the molecule is CCOC(=O)CCCNc1ncc(I)cn1. The van der Waals surface area contributed by atoms with Crippen LogP contribution in [0, 0.1) is 3.57 Å². The van der Waals surface area contributed by atoms with Crippen LogP contribution >= 0.6 is 22.6 Å². The molecule has 0 unspecified atom stereocenters. The first kappa shape index (κ1) is 13.1. The van der Waals surface area contributed by atoms with Crippen molar-refractivity contribution in [2.45, 2.75) is 19.8 Å². The molecule has 1 heterocycles. The second-order valence-corrected chi connectivity index (χ2v) is 4.31. The predicted octanol–water partition coefficient (Wildman–Crippen LogP) is 1.84. The number of carbonyl (C=O) groups excluding carboxylic acids is 1. The van der Waals surface area contributed by atoms with Gasteiger partial charge in [0.15, 0.2) is 0 Å². The summed E-state index contributed by atoms with van der Waals surface area (Å²) in [6.45, 7) is 2.90. The summed E-state index contributed by atoms with van der Waals surface area (Å²) in [7, 11) is 0. The van der Waals surface area contributed by atoms with Crippen LogP contribution in [-0.2, 0) is 9.53 Å². The van der Waals surface area contributed by atoms with Gasteiger partial charge in [-0.1, -0.05) is 0 Å². The van der Waals surface area contributed by atoms with Crippen molar-refractivity contribution in [1.82, 2.24) is 9.97 Å². The number of rotatable bonds is 6. The van der Waals surface area contributed by atoms with Gasteiger partial charge in [0.2, 0.25) is 5.95 Å². The Labute approximate surface area is 108 Å². The lowest BCUT2D eigenvalue weighted by molar-refractivity contribution is -0.143. The van der Waals surface area contributed by atoms with Crippen LogP contribution in [0.2, 0.25) is 0 Å². The minimum absolute atomic E-state index is 0.159. The second kappa shape index (κ2) is 7.37. The molecule has 0 saturated heterocycles. The molecule has 0 aliphatic carbocycles. The molecule has 6 heteroatoms. The van der Waals surface area contributed by atoms with Crippen LogP contribution in [0.4, 0.5) is 5.95 Å². The van der Waals surface area contributed by atoms with Gasteiger partial charge in [-0.25, -0.2) is 9.97 Å². The molecule has 1 aromatic heterocycles. The number of hydrogen-bond donors (Lipinski definition) is 1. The van der Waals surface area contributed by atoms with Crippen LogP contribution in [0.5, 0.6) is 0 Å². The van der Waals surface area contributed by atoms with Crippen LogP contribution in [0.3, 0.4) is 0 Å². The standard InChI is InChI=1S/C10H14IN3O2/c1-2-16-9(15)4-3-5-12-10-13-6-8(11)7-14-10/h6-7H,2-5H2,1H3,(H,12,13,14). The number of carbonyl (C=O) groups is 1. The highest BCUT2D eigenvalue weighted by molar-refractivity contribution is 14.1. The van der Waals surface area contributed by atoms with E-state index in [0.29, 0.717) is 31.9 Å². The van der Waals surface area contributed by atoms with E-state index < -0.39 is 0 Å². The van der Waals surface area contributed by atoms with E-state index in [9.17, 15) is 4.79 Å². The molecular formula is C10H14IN3O2. The minimum Gasteiger partial charge on any atom is -0.466 e. The third-order valence-corrected chi connectivity index (χ3v) is 2.32. The molecule has 5 nitrogen and oxygen atoms in total. The lowest BCUT2D eigenvalue weighted by Crippen LogP contribution is -2.09. The summed E-state index contributed by atoms with van der Waals surface area (Å²) in [6, 6.07) is 0. The number of nitrogens with zero attached hydrogens (tertiary/aromatic N) is 2. The maximum atomic E-state index is 11.0. The summed E-state index contributed by atoms with van der Waals surface area (Å²) in [4.78, 5) is 19.2. The van der Waals surface area contributed by atoms with Crippen molar-refractivity contribution in [3.63, 3.8) is 0 Å². The van der Waals surface area contributed by atoms with Gasteiger partial charge in [0.1, 0.15) is 0 Å². The number of nitrogens with one attached hydrogen (secondary N) is 1. The van der Waals surface area contributed by atoms with Crippen molar-refractivity contribution >= 4 is 34.5 Å². The average molecular weight is 335 g/mol. The van der Waals surface area contributed by atoms with Crippen LogP contribution in [-0.4, -0.2) is 29.1 Å². The van der Waals surface area contributed by atoms with E-state index in [1.807, 2.05) is 0 Å². The van der Waals surface area contributed by atoms with Gasteiger partial charge in [-0.15, -0.1) is 0 Å². The highest BCUT2D eigenvalue weighted by Crippen LogP contribution is 2.03. The third kappa shape index (κ3) is 5.24. The van der Waals surface area contributed by atoms with Crippen LogP contribution < -0.4 is 5.32 Å². The molecule has 88 valence electrons. The van der Waals surface area contributed by atoms with E-state index in [2.05, 4.69) is 37.9 Å². The normalized spacial score (nSPS) is 9.88. The minimum atomic E-state index is -0.159. The van der Waals surface area contributed by atoms with E-state index >= 15 is 0 Å². The van der Waals surface area contributed by atoms with Gasteiger partial charge in [0.25, 0.3) is 0 Å². The molecule has 1 rings (SSSR count). The van der Waals surface area contributed by atoms with Crippen molar-refractivity contribution in [1.29, 1.82) is 0 Å². The van der Waals surface area contributed by atoms with Gasteiger partial charge in [-0.05, 0) is 35.9 Å². The van der Waals surface area contributed by atoms with Crippen molar-refractivity contribution in [2.75, 3.05) is 18.5 Å². The number of aromatic nitrogens is 2. The zero-order valence-electron chi connectivity index (χ0n) is 9.07. The van der Waals surface area contributed by atoms with E-state index in [1.54, 1.807) is 19.3 Å². The largest absolute Gasteiger partial charge is 0.466 e. The molecule has 1 N–H and O–H groups in total. The van der Waals surface area contributed by atoms with Crippen molar-refractivity contribution in [2.24, 2.45) is 0 Å². The number of hydrogen-bond acceptors (Lipinski definition) is 5. The number of anilines is 1. The molecule has 0 spiro atoms. The van der Waals surface area contributed by atoms with Gasteiger partial charge >= 0.3 is 5.97 Å². The average Bonchev–Trinajstić information content (AvgIpc) is 2.27. The highest BCUT2D eigenvalue weighted by atomic mass is 127. The summed E-state index contributed by atoms with van der Waals surface area (Å²) < 4.78 is 5.81. The maximum Gasteiger partial charge on any atom is 0.305 e. The molecule has 0 bridgehead atoms. The lowest BCUT2D eigenvalue weighted by Gasteiger charge is -2.04.